The van der Waals surface area contributed by atoms with Crippen molar-refractivity contribution in [1.82, 2.24) is 9.13 Å². The second-order valence-corrected chi connectivity index (χ2v) is 19.4. The molecule has 11 aromatic carbocycles. The monoisotopic (exact) mass is 893 g/mol. The van der Waals surface area contributed by atoms with Crippen LogP contribution in [0.4, 0.5) is 17.1 Å². The van der Waals surface area contributed by atoms with E-state index in [-0.39, 0.29) is 5.41 Å². The Hall–Kier alpha value is -8.92. The van der Waals surface area contributed by atoms with Gasteiger partial charge in [0.25, 0.3) is 0 Å². The van der Waals surface area contributed by atoms with Crippen molar-refractivity contribution >= 4 is 71.4 Å². The minimum Gasteiger partial charge on any atom is -0.310 e. The molecule has 0 saturated carbocycles. The van der Waals surface area contributed by atoms with Gasteiger partial charge in [0.1, 0.15) is 0 Å². The molecule has 0 spiro atoms. The third kappa shape index (κ3) is 6.21. The van der Waals surface area contributed by atoms with Crippen molar-refractivity contribution in [2.45, 2.75) is 19.3 Å². The van der Waals surface area contributed by atoms with Gasteiger partial charge >= 0.3 is 0 Å². The summed E-state index contributed by atoms with van der Waals surface area (Å²) in [5.74, 6) is 0. The molecule has 3 nitrogen and oxygen atoms in total. The largest absolute Gasteiger partial charge is 0.310 e. The first-order valence-electron chi connectivity index (χ1n) is 24.3. The number of para-hydroxylation sites is 4. The highest BCUT2D eigenvalue weighted by atomic mass is 15.2. The average molecular weight is 894 g/mol. The van der Waals surface area contributed by atoms with Crippen LogP contribution in [0.25, 0.3) is 99.1 Å². The summed E-state index contributed by atoms with van der Waals surface area (Å²) in [5, 5.41) is 7.51. The molecule has 0 unspecified atom stereocenters. The molecule has 13 aromatic rings. The summed E-state index contributed by atoms with van der Waals surface area (Å²) >= 11 is 0. The normalized spacial score (nSPS) is 13.1. The number of fused-ring (bicyclic) bond motifs is 9. The summed E-state index contributed by atoms with van der Waals surface area (Å²) in [6.45, 7) is 4.82. The molecular formula is C67H47N3. The minimum absolute atomic E-state index is 0.334. The molecule has 0 amide bonds. The average Bonchev–Trinajstić information content (AvgIpc) is 3.93. The molecule has 0 radical (unpaired) electrons. The zero-order valence-electron chi connectivity index (χ0n) is 39.0. The first kappa shape index (κ1) is 40.2. The Morgan fingerprint density at radius 2 is 0.671 bits per heavy atom. The van der Waals surface area contributed by atoms with Gasteiger partial charge in [-0.2, -0.15) is 0 Å². The van der Waals surface area contributed by atoms with Crippen LogP contribution < -0.4 is 4.90 Å². The van der Waals surface area contributed by atoms with Gasteiger partial charge in [-0.3, -0.25) is 0 Å². The second-order valence-electron chi connectivity index (χ2n) is 19.4. The fourth-order valence-corrected chi connectivity index (χ4v) is 11.6. The summed E-state index contributed by atoms with van der Waals surface area (Å²) in [5.41, 5.74) is 20.2. The van der Waals surface area contributed by atoms with Crippen LogP contribution in [0, 0.1) is 0 Å². The fourth-order valence-electron chi connectivity index (χ4n) is 11.6. The molecule has 0 aliphatic carbocycles. The Kier molecular flexibility index (Phi) is 8.93. The lowest BCUT2D eigenvalue weighted by Crippen LogP contribution is -2.30. The lowest BCUT2D eigenvalue weighted by atomic mass is 9.72. The van der Waals surface area contributed by atoms with Gasteiger partial charge in [0, 0.05) is 44.0 Å². The van der Waals surface area contributed by atoms with E-state index in [1.54, 1.807) is 0 Å². The molecule has 2 aromatic heterocycles. The Bertz CT molecular complexity index is 3980. The number of benzene rings is 11. The fraction of sp³-hybridized carbons (Fsp3) is 0.0448. The summed E-state index contributed by atoms with van der Waals surface area (Å²) in [6.07, 6.45) is 0. The number of aromatic nitrogens is 2. The molecule has 14 rings (SSSR count). The molecule has 70 heavy (non-hydrogen) atoms. The number of hydrogen-bond acceptors (Lipinski definition) is 1. The smallest absolute Gasteiger partial charge is 0.0541 e. The predicted molar refractivity (Wildman–Crippen MR) is 296 cm³/mol. The zero-order valence-corrected chi connectivity index (χ0v) is 39.0. The summed E-state index contributed by atoms with van der Waals surface area (Å²) < 4.78 is 4.78. The third-order valence-corrected chi connectivity index (χ3v) is 15.1. The van der Waals surface area contributed by atoms with E-state index in [2.05, 4.69) is 277 Å². The van der Waals surface area contributed by atoms with Crippen LogP contribution in [0.3, 0.4) is 0 Å². The van der Waals surface area contributed by atoms with Crippen molar-refractivity contribution in [3.63, 3.8) is 0 Å². The Labute approximate surface area is 407 Å². The lowest BCUT2D eigenvalue weighted by Gasteiger charge is -2.42. The highest BCUT2D eigenvalue weighted by molar-refractivity contribution is 6.12. The number of rotatable bonds is 6. The van der Waals surface area contributed by atoms with Crippen LogP contribution in [0.1, 0.15) is 25.0 Å². The van der Waals surface area contributed by atoms with E-state index in [0.717, 1.165) is 5.69 Å². The van der Waals surface area contributed by atoms with E-state index in [1.807, 2.05) is 0 Å². The lowest BCUT2D eigenvalue weighted by molar-refractivity contribution is 0.632. The van der Waals surface area contributed by atoms with Crippen LogP contribution in [0.15, 0.2) is 249 Å². The maximum atomic E-state index is 2.49. The molecule has 0 saturated heterocycles. The van der Waals surface area contributed by atoms with Gasteiger partial charge in [-0.1, -0.05) is 159 Å². The van der Waals surface area contributed by atoms with Crippen LogP contribution in [0.2, 0.25) is 0 Å². The van der Waals surface area contributed by atoms with E-state index < -0.39 is 0 Å². The van der Waals surface area contributed by atoms with Crippen LogP contribution >= 0.6 is 0 Å². The van der Waals surface area contributed by atoms with E-state index >= 15 is 0 Å². The Morgan fingerprint density at radius 1 is 0.271 bits per heavy atom. The summed E-state index contributed by atoms with van der Waals surface area (Å²) in [7, 11) is 0. The Morgan fingerprint density at radius 3 is 1.21 bits per heavy atom. The van der Waals surface area contributed by atoms with Gasteiger partial charge in [-0.15, -0.1) is 0 Å². The van der Waals surface area contributed by atoms with Crippen molar-refractivity contribution in [3.05, 3.63) is 260 Å². The molecule has 330 valence electrons. The van der Waals surface area contributed by atoms with Crippen molar-refractivity contribution in [3.8, 4) is 44.8 Å². The van der Waals surface area contributed by atoms with Gasteiger partial charge < -0.3 is 14.0 Å². The standard InChI is InChI=1S/C67H47N3/c1-67(2)59-42-50(48-29-35-63-57(40-48)55-21-11-13-23-61(55)68(63)52-17-5-3-6-18-52)31-37-65(59)70(54-33-27-45(28-34-54)47-26-25-44-15-9-10-16-46(44)39-47)66-38-32-51(43-60(66)67)49-30-36-64-58(41-49)56-22-12-14-24-62(56)69(64)53-19-7-4-8-20-53/h3-43H,1-2H3. The van der Waals surface area contributed by atoms with Crippen molar-refractivity contribution in [2.75, 3.05) is 4.90 Å². The highest BCUT2D eigenvalue weighted by Crippen LogP contribution is 2.54. The van der Waals surface area contributed by atoms with Gasteiger partial charge in [-0.25, -0.2) is 0 Å². The molecule has 0 fully saturated rings. The summed E-state index contributed by atoms with van der Waals surface area (Å²) in [4.78, 5) is 2.49. The number of anilines is 3. The van der Waals surface area contributed by atoms with E-state index in [9.17, 15) is 0 Å². The SMILES string of the molecule is CC1(C)c2cc(-c3ccc4c(c3)c3ccccc3n4-c3ccccc3)ccc2N(c2ccc(-c3ccc4ccccc4c3)cc2)c2ccc(-c3ccc4c(c3)c3ccccc3n4-c3ccccc3)cc21. The van der Waals surface area contributed by atoms with Crippen LogP contribution in [-0.4, -0.2) is 9.13 Å². The molecular weight excluding hydrogens is 847 g/mol. The second kappa shape index (κ2) is 15.6. The molecule has 3 heterocycles. The quantitative estimate of drug-likeness (QED) is 0.162. The minimum atomic E-state index is -0.334. The maximum absolute atomic E-state index is 2.49. The van der Waals surface area contributed by atoms with Crippen molar-refractivity contribution < 1.29 is 0 Å². The van der Waals surface area contributed by atoms with E-state index in [1.165, 1.54) is 122 Å². The molecule has 1 aliphatic heterocycles. The number of nitrogens with zero attached hydrogens (tertiary/aromatic N) is 3. The van der Waals surface area contributed by atoms with E-state index in [0.29, 0.717) is 0 Å². The van der Waals surface area contributed by atoms with Gasteiger partial charge in [0.15, 0.2) is 0 Å². The van der Waals surface area contributed by atoms with Gasteiger partial charge in [0.2, 0.25) is 0 Å². The zero-order chi connectivity index (χ0) is 46.5. The molecule has 1 aliphatic rings. The Balaban J connectivity index is 0.923. The molecule has 3 heteroatoms. The van der Waals surface area contributed by atoms with Crippen molar-refractivity contribution in [1.29, 1.82) is 0 Å². The molecule has 0 bridgehead atoms. The van der Waals surface area contributed by atoms with Crippen LogP contribution in [0.5, 0.6) is 0 Å². The first-order chi connectivity index (χ1) is 34.5. The highest BCUT2D eigenvalue weighted by Gasteiger charge is 2.38. The topological polar surface area (TPSA) is 13.1 Å². The van der Waals surface area contributed by atoms with Gasteiger partial charge in [-0.05, 0) is 158 Å². The van der Waals surface area contributed by atoms with Crippen molar-refractivity contribution in [2.24, 2.45) is 0 Å². The maximum Gasteiger partial charge on any atom is 0.0541 e. The molecule has 0 atom stereocenters. The molecule has 0 N–H and O–H groups in total. The first-order valence-corrected chi connectivity index (χ1v) is 24.3. The predicted octanol–water partition coefficient (Wildman–Crippen LogP) is 18.1. The van der Waals surface area contributed by atoms with Gasteiger partial charge in [0.05, 0.1) is 33.4 Å². The van der Waals surface area contributed by atoms with E-state index in [4.69, 9.17) is 0 Å². The number of hydrogen-bond donors (Lipinski definition) is 0. The van der Waals surface area contributed by atoms with Crippen LogP contribution in [-0.2, 0) is 5.41 Å². The summed E-state index contributed by atoms with van der Waals surface area (Å²) in [6, 6.07) is 91.8. The third-order valence-electron chi connectivity index (χ3n) is 15.1.